The van der Waals surface area contributed by atoms with Gasteiger partial charge in [0.25, 0.3) is 0 Å². The summed E-state index contributed by atoms with van der Waals surface area (Å²) in [5.74, 6) is -0.845. The topological polar surface area (TPSA) is 60.9 Å². The maximum atomic E-state index is 12.2. The van der Waals surface area contributed by atoms with Gasteiger partial charge in [-0.2, -0.15) is 0 Å². The minimum absolute atomic E-state index is 0.0344. The third-order valence-corrected chi connectivity index (χ3v) is 3.12. The van der Waals surface area contributed by atoms with E-state index in [0.717, 1.165) is 24.8 Å². The Morgan fingerprint density at radius 3 is 2.67 bits per heavy atom. The number of carbonyl (C=O) groups is 2. The molecular weight excluding hydrogens is 232 g/mol. The van der Waals surface area contributed by atoms with Crippen molar-refractivity contribution in [1.29, 1.82) is 0 Å². The van der Waals surface area contributed by atoms with Crippen LogP contribution in [0.4, 0.5) is 4.79 Å². The van der Waals surface area contributed by atoms with Crippen LogP contribution in [0, 0.1) is 0 Å². The largest absolute Gasteiger partial charge is 0.481 e. The second-order valence-corrected chi connectivity index (χ2v) is 5.04. The van der Waals surface area contributed by atoms with E-state index in [-0.39, 0.29) is 18.5 Å². The lowest BCUT2D eigenvalue weighted by molar-refractivity contribution is -0.138. The second-order valence-electron chi connectivity index (χ2n) is 5.04. The predicted molar refractivity (Wildman–Crippen MR) is 69.4 cm³/mol. The van der Waals surface area contributed by atoms with E-state index in [1.54, 1.807) is 16.8 Å². The molecule has 1 N–H and O–H groups in total. The summed E-state index contributed by atoms with van der Waals surface area (Å²) in [6, 6.07) is -0.264. The second kappa shape index (κ2) is 6.42. The van der Waals surface area contributed by atoms with Crippen LogP contribution in [-0.4, -0.2) is 53.1 Å². The number of carboxylic acid groups (broad SMARTS) is 1. The summed E-state index contributed by atoms with van der Waals surface area (Å²) in [5, 5.41) is 8.88. The highest BCUT2D eigenvalue weighted by atomic mass is 16.4. The molecule has 102 valence electrons. The van der Waals surface area contributed by atoms with Gasteiger partial charge in [0.05, 0.1) is 6.42 Å². The number of piperidine rings is 1. The maximum Gasteiger partial charge on any atom is 0.320 e. The van der Waals surface area contributed by atoms with E-state index in [9.17, 15) is 9.59 Å². The summed E-state index contributed by atoms with van der Waals surface area (Å²) in [6.45, 7) is 6.81. The number of rotatable bonds is 4. The molecule has 0 spiro atoms. The lowest BCUT2D eigenvalue weighted by Gasteiger charge is -2.37. The van der Waals surface area contributed by atoms with Crippen LogP contribution in [0.2, 0.25) is 0 Å². The molecule has 1 aliphatic rings. The first-order valence-corrected chi connectivity index (χ1v) is 6.29. The van der Waals surface area contributed by atoms with E-state index in [1.165, 1.54) is 0 Å². The minimum atomic E-state index is -0.845. The molecule has 18 heavy (non-hydrogen) atoms. The van der Waals surface area contributed by atoms with E-state index in [0.29, 0.717) is 13.1 Å². The predicted octanol–water partition coefficient (Wildman–Crippen LogP) is 1.94. The molecule has 0 saturated carbocycles. The van der Waals surface area contributed by atoms with Gasteiger partial charge in [0.1, 0.15) is 0 Å². The van der Waals surface area contributed by atoms with Crippen LogP contribution in [0.15, 0.2) is 12.2 Å². The highest BCUT2D eigenvalue weighted by Crippen LogP contribution is 2.21. The molecule has 1 aliphatic heterocycles. The van der Waals surface area contributed by atoms with Crippen molar-refractivity contribution < 1.29 is 14.7 Å². The summed E-state index contributed by atoms with van der Waals surface area (Å²) >= 11 is 0. The van der Waals surface area contributed by atoms with Crippen molar-refractivity contribution in [2.75, 3.05) is 20.1 Å². The van der Waals surface area contributed by atoms with Gasteiger partial charge in [-0.25, -0.2) is 4.79 Å². The normalized spacial score (nSPS) is 19.4. The molecule has 2 amide bonds. The molecular formula is C13H22N2O3. The Kier molecular flexibility index (Phi) is 5.19. The first kappa shape index (κ1) is 14.5. The summed E-state index contributed by atoms with van der Waals surface area (Å²) in [4.78, 5) is 26.4. The monoisotopic (exact) mass is 254 g/mol. The number of carbonyl (C=O) groups excluding carboxylic acids is 1. The molecule has 0 aliphatic carbocycles. The summed E-state index contributed by atoms with van der Waals surface area (Å²) in [5.41, 5.74) is 0.914. The number of hydrogen-bond donors (Lipinski definition) is 1. The molecule has 0 bridgehead atoms. The Bertz CT molecular complexity index is 341. The average Bonchev–Trinajstić information content (AvgIpc) is 2.27. The van der Waals surface area contributed by atoms with Crippen LogP contribution < -0.4 is 0 Å². The number of urea groups is 1. The SMILES string of the molecule is C=C(C)CN(C)C(=O)N1CCCCC1CC(=O)O. The van der Waals surface area contributed by atoms with Gasteiger partial charge in [-0.05, 0) is 26.2 Å². The first-order valence-electron chi connectivity index (χ1n) is 6.29. The zero-order valence-corrected chi connectivity index (χ0v) is 11.2. The Morgan fingerprint density at radius 1 is 1.44 bits per heavy atom. The third-order valence-electron chi connectivity index (χ3n) is 3.12. The van der Waals surface area contributed by atoms with Crippen LogP contribution in [0.1, 0.15) is 32.6 Å². The molecule has 1 rings (SSSR count). The van der Waals surface area contributed by atoms with E-state index in [4.69, 9.17) is 5.11 Å². The molecule has 0 aromatic carbocycles. The number of carboxylic acids is 1. The summed E-state index contributed by atoms with van der Waals surface area (Å²) in [7, 11) is 1.73. The molecule has 0 radical (unpaired) electrons. The first-order chi connectivity index (χ1) is 8.41. The molecule has 1 unspecified atom stereocenters. The van der Waals surface area contributed by atoms with Crippen molar-refractivity contribution in [3.63, 3.8) is 0 Å². The summed E-state index contributed by atoms with van der Waals surface area (Å²) < 4.78 is 0. The molecule has 1 saturated heterocycles. The lowest BCUT2D eigenvalue weighted by atomic mass is 10.00. The van der Waals surface area contributed by atoms with Crippen LogP contribution >= 0.6 is 0 Å². The van der Waals surface area contributed by atoms with Gasteiger partial charge in [0.15, 0.2) is 0 Å². The minimum Gasteiger partial charge on any atom is -0.481 e. The smallest absolute Gasteiger partial charge is 0.320 e. The van der Waals surface area contributed by atoms with Gasteiger partial charge in [0.2, 0.25) is 0 Å². The van der Waals surface area contributed by atoms with E-state index >= 15 is 0 Å². The highest BCUT2D eigenvalue weighted by Gasteiger charge is 2.30. The van der Waals surface area contributed by atoms with Crippen LogP contribution in [-0.2, 0) is 4.79 Å². The quantitative estimate of drug-likeness (QED) is 0.780. The fourth-order valence-electron chi connectivity index (χ4n) is 2.36. The van der Waals surface area contributed by atoms with Gasteiger partial charge in [-0.15, -0.1) is 0 Å². The van der Waals surface area contributed by atoms with Crippen molar-refractivity contribution in [2.24, 2.45) is 0 Å². The van der Waals surface area contributed by atoms with Gasteiger partial charge >= 0.3 is 12.0 Å². The fraction of sp³-hybridized carbons (Fsp3) is 0.692. The number of likely N-dealkylation sites (tertiary alicyclic amines) is 1. The number of aliphatic carboxylic acids is 1. The Balaban J connectivity index is 2.67. The summed E-state index contributed by atoms with van der Waals surface area (Å²) in [6.07, 6.45) is 2.75. The third kappa shape index (κ3) is 4.05. The van der Waals surface area contributed by atoms with E-state index in [2.05, 4.69) is 6.58 Å². The Morgan fingerprint density at radius 2 is 2.11 bits per heavy atom. The molecule has 1 fully saturated rings. The van der Waals surface area contributed by atoms with Crippen molar-refractivity contribution in [1.82, 2.24) is 9.80 Å². The van der Waals surface area contributed by atoms with Crippen LogP contribution in [0.5, 0.6) is 0 Å². The van der Waals surface area contributed by atoms with Gasteiger partial charge in [-0.3, -0.25) is 4.79 Å². The van der Waals surface area contributed by atoms with Crippen molar-refractivity contribution in [3.8, 4) is 0 Å². The Labute approximate surface area is 108 Å². The zero-order chi connectivity index (χ0) is 13.7. The lowest BCUT2D eigenvalue weighted by Crippen LogP contribution is -2.50. The van der Waals surface area contributed by atoms with Crippen LogP contribution in [0.25, 0.3) is 0 Å². The zero-order valence-electron chi connectivity index (χ0n) is 11.2. The van der Waals surface area contributed by atoms with Gasteiger partial charge < -0.3 is 14.9 Å². The number of likely N-dealkylation sites (N-methyl/N-ethyl adjacent to an activating group) is 1. The maximum absolute atomic E-state index is 12.2. The average molecular weight is 254 g/mol. The number of amides is 2. The van der Waals surface area contributed by atoms with Crippen molar-refractivity contribution in [3.05, 3.63) is 12.2 Å². The van der Waals surface area contributed by atoms with Crippen molar-refractivity contribution >= 4 is 12.0 Å². The fourth-order valence-corrected chi connectivity index (χ4v) is 2.36. The van der Waals surface area contributed by atoms with Crippen LogP contribution in [0.3, 0.4) is 0 Å². The Hall–Kier alpha value is -1.52. The molecule has 1 atom stereocenters. The van der Waals surface area contributed by atoms with Crippen molar-refractivity contribution in [2.45, 2.75) is 38.6 Å². The number of nitrogens with zero attached hydrogens (tertiary/aromatic N) is 2. The molecule has 0 aromatic rings. The molecule has 5 heteroatoms. The van der Waals surface area contributed by atoms with Gasteiger partial charge in [0, 0.05) is 26.2 Å². The standard InChI is InChI=1S/C13H22N2O3/c1-10(2)9-14(3)13(18)15-7-5-4-6-11(15)8-12(16)17/h11H,1,4-9H2,2-3H3,(H,16,17). The molecule has 1 heterocycles. The highest BCUT2D eigenvalue weighted by molar-refractivity contribution is 5.76. The molecule has 5 nitrogen and oxygen atoms in total. The van der Waals surface area contributed by atoms with Gasteiger partial charge in [-0.1, -0.05) is 12.2 Å². The van der Waals surface area contributed by atoms with E-state index < -0.39 is 5.97 Å². The number of hydrogen-bond acceptors (Lipinski definition) is 2. The van der Waals surface area contributed by atoms with E-state index in [1.807, 2.05) is 6.92 Å². The molecule has 0 aromatic heterocycles.